The highest BCUT2D eigenvalue weighted by Gasteiger charge is 2.03. The summed E-state index contributed by atoms with van der Waals surface area (Å²) in [6.45, 7) is 4.82. The van der Waals surface area contributed by atoms with Crippen LogP contribution in [-0.2, 0) is 6.54 Å². The average molecular weight is 258 g/mol. The fourth-order valence-electron chi connectivity index (χ4n) is 1.93. The Labute approximate surface area is 109 Å². The number of benzene rings is 1. The number of anilines is 1. The monoisotopic (exact) mass is 258 g/mol. The van der Waals surface area contributed by atoms with E-state index in [4.69, 9.17) is 0 Å². The maximum absolute atomic E-state index is 4.39. The number of aryl methyl sites for hydroxylation is 2. The van der Waals surface area contributed by atoms with Crippen LogP contribution in [0.4, 0.5) is 5.69 Å². The van der Waals surface area contributed by atoms with Gasteiger partial charge in [0.25, 0.3) is 0 Å². The van der Waals surface area contributed by atoms with Crippen LogP contribution in [-0.4, -0.2) is 15.0 Å². The molecule has 18 heavy (non-hydrogen) atoms. The molecular weight excluding hydrogens is 244 g/mol. The fourth-order valence-corrected chi connectivity index (χ4v) is 2.64. The van der Waals surface area contributed by atoms with E-state index < -0.39 is 0 Å². The van der Waals surface area contributed by atoms with Crippen molar-refractivity contribution in [2.45, 2.75) is 20.4 Å². The molecule has 2 N–H and O–H groups in total. The molecule has 92 valence electrons. The third-order valence-electron chi connectivity index (χ3n) is 2.90. The van der Waals surface area contributed by atoms with Gasteiger partial charge in [-0.05, 0) is 32.0 Å². The molecule has 3 aromatic rings. The molecule has 0 aliphatic carbocycles. The zero-order valence-electron chi connectivity index (χ0n) is 10.3. The summed E-state index contributed by atoms with van der Waals surface area (Å²) in [7, 11) is 0. The molecule has 0 spiro atoms. The predicted octanol–water partition coefficient (Wildman–Crippen LogP) is 3.25. The van der Waals surface area contributed by atoms with Gasteiger partial charge in [0.2, 0.25) is 0 Å². The zero-order valence-corrected chi connectivity index (χ0v) is 11.1. The number of H-pyrrole nitrogens is 1. The largest absolute Gasteiger partial charge is 0.380 e. The van der Waals surface area contributed by atoms with Crippen molar-refractivity contribution in [2.24, 2.45) is 0 Å². The Morgan fingerprint density at radius 3 is 3.00 bits per heavy atom. The van der Waals surface area contributed by atoms with E-state index in [0.29, 0.717) is 0 Å². The van der Waals surface area contributed by atoms with Crippen LogP contribution in [0.15, 0.2) is 23.7 Å². The molecule has 0 fully saturated rings. The van der Waals surface area contributed by atoms with Crippen molar-refractivity contribution >= 4 is 28.1 Å². The van der Waals surface area contributed by atoms with E-state index in [-0.39, 0.29) is 0 Å². The highest BCUT2D eigenvalue weighted by molar-refractivity contribution is 7.09. The molecule has 2 heterocycles. The lowest BCUT2D eigenvalue weighted by atomic mass is 10.2. The molecule has 2 aromatic heterocycles. The quantitative estimate of drug-likeness (QED) is 0.758. The van der Waals surface area contributed by atoms with Gasteiger partial charge < -0.3 is 10.3 Å². The summed E-state index contributed by atoms with van der Waals surface area (Å²) >= 11 is 1.68. The number of nitrogens with zero attached hydrogens (tertiary/aromatic N) is 2. The van der Waals surface area contributed by atoms with Crippen LogP contribution >= 0.6 is 11.3 Å². The SMILES string of the molecule is Cc1nc2ccc(NCc3scnc3C)cc2[nH]1. The highest BCUT2D eigenvalue weighted by Crippen LogP contribution is 2.19. The lowest BCUT2D eigenvalue weighted by Crippen LogP contribution is -1.98. The predicted molar refractivity (Wildman–Crippen MR) is 75.0 cm³/mol. The van der Waals surface area contributed by atoms with Gasteiger partial charge >= 0.3 is 0 Å². The van der Waals surface area contributed by atoms with Gasteiger partial charge in [-0.25, -0.2) is 9.97 Å². The molecule has 3 rings (SSSR count). The molecule has 5 heteroatoms. The molecule has 0 radical (unpaired) electrons. The van der Waals surface area contributed by atoms with Crippen LogP contribution in [0.25, 0.3) is 11.0 Å². The lowest BCUT2D eigenvalue weighted by Gasteiger charge is -2.05. The summed E-state index contributed by atoms with van der Waals surface area (Å²) in [5.41, 5.74) is 6.16. The molecular formula is C13H14N4S. The number of aromatic nitrogens is 3. The first-order valence-electron chi connectivity index (χ1n) is 5.81. The van der Waals surface area contributed by atoms with E-state index in [1.807, 2.05) is 25.4 Å². The second-order valence-electron chi connectivity index (χ2n) is 4.27. The smallest absolute Gasteiger partial charge is 0.104 e. The molecule has 0 saturated heterocycles. The lowest BCUT2D eigenvalue weighted by molar-refractivity contribution is 1.12. The van der Waals surface area contributed by atoms with Crippen molar-refractivity contribution in [3.05, 3.63) is 40.1 Å². The Balaban J connectivity index is 1.80. The van der Waals surface area contributed by atoms with Crippen molar-refractivity contribution in [1.29, 1.82) is 0 Å². The number of imidazole rings is 1. The Hall–Kier alpha value is -1.88. The molecule has 1 aromatic carbocycles. The van der Waals surface area contributed by atoms with Gasteiger partial charge in [0.05, 0.1) is 28.8 Å². The average Bonchev–Trinajstić information content (AvgIpc) is 2.90. The molecule has 0 amide bonds. The molecule has 0 aliphatic rings. The van der Waals surface area contributed by atoms with Crippen molar-refractivity contribution in [2.75, 3.05) is 5.32 Å². The van der Waals surface area contributed by atoms with E-state index in [1.165, 1.54) is 4.88 Å². The van der Waals surface area contributed by atoms with Gasteiger partial charge in [-0.15, -0.1) is 11.3 Å². The third-order valence-corrected chi connectivity index (χ3v) is 3.83. The van der Waals surface area contributed by atoms with E-state index >= 15 is 0 Å². The molecule has 0 aliphatic heterocycles. The van der Waals surface area contributed by atoms with Crippen LogP contribution in [0, 0.1) is 13.8 Å². The minimum atomic E-state index is 0.815. The topological polar surface area (TPSA) is 53.6 Å². The Bertz CT molecular complexity index is 683. The number of hydrogen-bond donors (Lipinski definition) is 2. The maximum atomic E-state index is 4.39. The maximum Gasteiger partial charge on any atom is 0.104 e. The highest BCUT2D eigenvalue weighted by atomic mass is 32.1. The van der Waals surface area contributed by atoms with Gasteiger partial charge in [0.1, 0.15) is 5.82 Å². The second-order valence-corrected chi connectivity index (χ2v) is 5.21. The Kier molecular flexibility index (Phi) is 2.76. The molecule has 0 unspecified atom stereocenters. The summed E-state index contributed by atoms with van der Waals surface area (Å²) in [5, 5.41) is 3.41. The minimum absolute atomic E-state index is 0.815. The number of hydrogen-bond acceptors (Lipinski definition) is 4. The van der Waals surface area contributed by atoms with Crippen molar-refractivity contribution in [3.8, 4) is 0 Å². The second kappa shape index (κ2) is 4.42. The summed E-state index contributed by atoms with van der Waals surface area (Å²) in [5.74, 6) is 0.945. The number of fused-ring (bicyclic) bond motifs is 1. The molecule has 0 saturated carbocycles. The Morgan fingerprint density at radius 1 is 1.33 bits per heavy atom. The number of nitrogens with one attached hydrogen (secondary N) is 2. The van der Waals surface area contributed by atoms with Crippen LogP contribution in [0.5, 0.6) is 0 Å². The first-order valence-corrected chi connectivity index (χ1v) is 6.69. The number of aromatic amines is 1. The molecule has 0 atom stereocenters. The van der Waals surface area contributed by atoms with E-state index in [9.17, 15) is 0 Å². The van der Waals surface area contributed by atoms with Crippen LogP contribution < -0.4 is 5.32 Å². The van der Waals surface area contributed by atoms with Gasteiger partial charge in [-0.3, -0.25) is 0 Å². The first-order chi connectivity index (χ1) is 8.72. The van der Waals surface area contributed by atoms with E-state index in [1.54, 1.807) is 11.3 Å². The summed E-state index contributed by atoms with van der Waals surface area (Å²) in [4.78, 5) is 13.1. The van der Waals surface area contributed by atoms with Crippen LogP contribution in [0.1, 0.15) is 16.4 Å². The minimum Gasteiger partial charge on any atom is -0.380 e. The first kappa shape index (κ1) is 11.2. The summed E-state index contributed by atoms with van der Waals surface area (Å²) < 4.78 is 0. The molecule has 0 bridgehead atoms. The van der Waals surface area contributed by atoms with Gasteiger partial charge in [0.15, 0.2) is 0 Å². The Morgan fingerprint density at radius 2 is 2.22 bits per heavy atom. The van der Waals surface area contributed by atoms with Gasteiger partial charge in [0, 0.05) is 10.6 Å². The van der Waals surface area contributed by atoms with Crippen molar-refractivity contribution < 1.29 is 0 Å². The standard InChI is InChI=1S/C13H14N4S/c1-8-13(18-7-15-8)6-14-10-3-4-11-12(5-10)17-9(2)16-11/h3-5,7,14H,6H2,1-2H3,(H,16,17). The molecule has 4 nitrogen and oxygen atoms in total. The number of thiazole rings is 1. The van der Waals surface area contributed by atoms with Crippen LogP contribution in [0.3, 0.4) is 0 Å². The number of rotatable bonds is 3. The van der Waals surface area contributed by atoms with E-state index in [0.717, 1.165) is 34.8 Å². The van der Waals surface area contributed by atoms with Gasteiger partial charge in [-0.1, -0.05) is 0 Å². The summed E-state index contributed by atoms with van der Waals surface area (Å²) in [6, 6.07) is 6.17. The van der Waals surface area contributed by atoms with Crippen LogP contribution in [0.2, 0.25) is 0 Å². The third kappa shape index (κ3) is 2.09. The zero-order chi connectivity index (χ0) is 12.5. The van der Waals surface area contributed by atoms with Crippen molar-refractivity contribution in [3.63, 3.8) is 0 Å². The normalized spacial score (nSPS) is 11.0. The van der Waals surface area contributed by atoms with E-state index in [2.05, 4.69) is 32.4 Å². The van der Waals surface area contributed by atoms with Gasteiger partial charge in [-0.2, -0.15) is 0 Å². The van der Waals surface area contributed by atoms with Crippen molar-refractivity contribution in [1.82, 2.24) is 15.0 Å². The fraction of sp³-hybridized carbons (Fsp3) is 0.231. The summed E-state index contributed by atoms with van der Waals surface area (Å²) in [6.07, 6.45) is 0.